The highest BCUT2D eigenvalue weighted by Gasteiger charge is 2.19. The van der Waals surface area contributed by atoms with Gasteiger partial charge in [0, 0.05) is 19.3 Å². The van der Waals surface area contributed by atoms with E-state index in [4.69, 9.17) is 10.5 Å². The first-order valence-corrected chi connectivity index (χ1v) is 7.92. The highest BCUT2D eigenvalue weighted by atomic mass is 32.2. The molecule has 0 unspecified atom stereocenters. The number of hydrogen-bond donors (Lipinski definition) is 1. The number of rotatable bonds is 7. The van der Waals surface area contributed by atoms with Crippen LogP contribution >= 0.6 is 0 Å². The molecule has 0 aliphatic heterocycles. The quantitative estimate of drug-likeness (QED) is 0.663. The van der Waals surface area contributed by atoms with Gasteiger partial charge < -0.3 is 10.5 Å². The molecule has 2 N–H and O–H groups in total. The van der Waals surface area contributed by atoms with Gasteiger partial charge in [-0.1, -0.05) is 5.21 Å². The van der Waals surface area contributed by atoms with Crippen molar-refractivity contribution in [2.75, 3.05) is 18.6 Å². The Hall–Kier alpha value is -1.48. The zero-order valence-electron chi connectivity index (χ0n) is 11.0. The molecule has 0 aromatic carbocycles. The van der Waals surface area contributed by atoms with Gasteiger partial charge in [-0.15, -0.1) is 5.10 Å². The highest BCUT2D eigenvalue weighted by molar-refractivity contribution is 7.90. The van der Waals surface area contributed by atoms with Crippen molar-refractivity contribution >= 4 is 15.8 Å². The second-order valence-electron chi connectivity index (χ2n) is 4.02. The van der Waals surface area contributed by atoms with E-state index in [1.165, 1.54) is 10.9 Å². The second kappa shape index (κ2) is 6.62. The standard InChI is InChI=1S/C10H18N4O4S/c1-3-18-10(15)9-8(7-11)14(13-12-9)5-4-6-19(2,16)17/h3-7,11H2,1-2H3. The van der Waals surface area contributed by atoms with Gasteiger partial charge in [0.25, 0.3) is 0 Å². The van der Waals surface area contributed by atoms with E-state index in [1.54, 1.807) is 6.92 Å². The molecule has 0 radical (unpaired) electrons. The lowest BCUT2D eigenvalue weighted by molar-refractivity contribution is 0.0518. The molecule has 0 fully saturated rings. The molecule has 0 saturated heterocycles. The minimum atomic E-state index is -3.02. The van der Waals surface area contributed by atoms with E-state index >= 15 is 0 Å². The Morgan fingerprint density at radius 2 is 2.16 bits per heavy atom. The molecule has 1 aromatic heterocycles. The number of aryl methyl sites for hydroxylation is 1. The largest absolute Gasteiger partial charge is 0.461 e. The third-order valence-electron chi connectivity index (χ3n) is 2.38. The molecule has 108 valence electrons. The summed E-state index contributed by atoms with van der Waals surface area (Å²) in [5, 5.41) is 7.53. The van der Waals surface area contributed by atoms with Gasteiger partial charge in [-0.3, -0.25) is 0 Å². The molecule has 19 heavy (non-hydrogen) atoms. The summed E-state index contributed by atoms with van der Waals surface area (Å²) in [6.45, 7) is 2.35. The second-order valence-corrected chi connectivity index (χ2v) is 6.28. The van der Waals surface area contributed by atoms with Crippen LogP contribution in [0.1, 0.15) is 29.5 Å². The first-order valence-electron chi connectivity index (χ1n) is 5.86. The number of hydrogen-bond acceptors (Lipinski definition) is 7. The Labute approximate surface area is 111 Å². The van der Waals surface area contributed by atoms with Gasteiger partial charge in [-0.05, 0) is 13.3 Å². The van der Waals surface area contributed by atoms with Gasteiger partial charge in [0.2, 0.25) is 0 Å². The van der Waals surface area contributed by atoms with Gasteiger partial charge in [0.05, 0.1) is 18.1 Å². The lowest BCUT2D eigenvalue weighted by Crippen LogP contribution is -2.15. The highest BCUT2D eigenvalue weighted by Crippen LogP contribution is 2.07. The lowest BCUT2D eigenvalue weighted by Gasteiger charge is -2.05. The van der Waals surface area contributed by atoms with E-state index in [0.717, 1.165) is 0 Å². The SMILES string of the molecule is CCOC(=O)c1nnn(CCCS(C)(=O)=O)c1CN. The van der Waals surface area contributed by atoms with Crippen molar-refractivity contribution in [1.29, 1.82) is 0 Å². The predicted octanol–water partition coefficient (Wildman–Crippen LogP) is -0.652. The van der Waals surface area contributed by atoms with E-state index in [9.17, 15) is 13.2 Å². The predicted molar refractivity (Wildman–Crippen MR) is 68.2 cm³/mol. The molecule has 1 heterocycles. The van der Waals surface area contributed by atoms with Crippen LogP contribution in [0.3, 0.4) is 0 Å². The molecule has 0 amide bonds. The Morgan fingerprint density at radius 3 is 2.68 bits per heavy atom. The molecule has 0 bridgehead atoms. The Bertz CT molecular complexity index is 538. The average molecular weight is 290 g/mol. The number of ether oxygens (including phenoxy) is 1. The number of nitrogens with two attached hydrogens (primary N) is 1. The summed E-state index contributed by atoms with van der Waals surface area (Å²) >= 11 is 0. The minimum Gasteiger partial charge on any atom is -0.461 e. The number of aromatic nitrogens is 3. The van der Waals surface area contributed by atoms with Gasteiger partial charge in [0.15, 0.2) is 5.69 Å². The maximum Gasteiger partial charge on any atom is 0.360 e. The van der Waals surface area contributed by atoms with E-state index in [1.807, 2.05) is 0 Å². The van der Waals surface area contributed by atoms with Crippen molar-refractivity contribution in [1.82, 2.24) is 15.0 Å². The first kappa shape index (κ1) is 15.6. The summed E-state index contributed by atoms with van der Waals surface area (Å²) < 4.78 is 28.3. The summed E-state index contributed by atoms with van der Waals surface area (Å²) in [6.07, 6.45) is 1.56. The molecule has 1 aromatic rings. The van der Waals surface area contributed by atoms with Crippen LogP contribution < -0.4 is 5.73 Å². The van der Waals surface area contributed by atoms with Crippen LogP contribution in [0.15, 0.2) is 0 Å². The fourth-order valence-electron chi connectivity index (χ4n) is 1.55. The molecular weight excluding hydrogens is 272 g/mol. The fourth-order valence-corrected chi connectivity index (χ4v) is 2.20. The smallest absolute Gasteiger partial charge is 0.360 e. The van der Waals surface area contributed by atoms with Crippen LogP contribution in [0.4, 0.5) is 0 Å². The van der Waals surface area contributed by atoms with Crippen LogP contribution in [0.2, 0.25) is 0 Å². The van der Waals surface area contributed by atoms with Crippen LogP contribution in [0.25, 0.3) is 0 Å². The maximum atomic E-state index is 11.6. The van der Waals surface area contributed by atoms with Crippen LogP contribution in [-0.2, 0) is 27.7 Å². The van der Waals surface area contributed by atoms with Crippen molar-refractivity contribution in [3.63, 3.8) is 0 Å². The van der Waals surface area contributed by atoms with Crippen LogP contribution in [-0.4, -0.2) is 48.0 Å². The van der Waals surface area contributed by atoms with Gasteiger partial charge in [-0.2, -0.15) is 0 Å². The topological polar surface area (TPSA) is 117 Å². The maximum absolute atomic E-state index is 11.6. The molecular formula is C10H18N4O4S. The zero-order valence-corrected chi connectivity index (χ0v) is 11.8. The minimum absolute atomic E-state index is 0.0472. The van der Waals surface area contributed by atoms with Crippen molar-refractivity contribution < 1.29 is 17.9 Å². The van der Waals surface area contributed by atoms with Gasteiger partial charge in [0.1, 0.15) is 9.84 Å². The molecule has 0 spiro atoms. The number of esters is 1. The van der Waals surface area contributed by atoms with E-state index < -0.39 is 15.8 Å². The molecule has 0 atom stereocenters. The summed E-state index contributed by atoms with van der Waals surface area (Å²) in [6, 6.07) is 0. The monoisotopic (exact) mass is 290 g/mol. The summed E-state index contributed by atoms with van der Waals surface area (Å²) in [5.41, 5.74) is 6.10. The molecule has 8 nitrogen and oxygen atoms in total. The molecule has 1 rings (SSSR count). The zero-order chi connectivity index (χ0) is 14.5. The number of nitrogens with zero attached hydrogens (tertiary/aromatic N) is 3. The normalized spacial score (nSPS) is 11.5. The van der Waals surface area contributed by atoms with Gasteiger partial charge >= 0.3 is 5.97 Å². The fraction of sp³-hybridized carbons (Fsp3) is 0.700. The number of carbonyl (C=O) groups is 1. The first-order chi connectivity index (χ1) is 8.89. The van der Waals surface area contributed by atoms with Gasteiger partial charge in [-0.25, -0.2) is 17.9 Å². The molecule has 9 heteroatoms. The third kappa shape index (κ3) is 4.60. The Balaban J connectivity index is 2.77. The average Bonchev–Trinajstić information content (AvgIpc) is 2.70. The Kier molecular flexibility index (Phi) is 5.43. The summed E-state index contributed by atoms with van der Waals surface area (Å²) in [5.74, 6) is -0.525. The molecule has 0 aliphatic rings. The number of sulfone groups is 1. The lowest BCUT2D eigenvalue weighted by atomic mass is 10.3. The van der Waals surface area contributed by atoms with E-state index in [2.05, 4.69) is 10.3 Å². The molecule has 0 aliphatic carbocycles. The third-order valence-corrected chi connectivity index (χ3v) is 3.42. The summed E-state index contributed by atoms with van der Waals surface area (Å²) in [4.78, 5) is 11.6. The van der Waals surface area contributed by atoms with Crippen molar-refractivity contribution in [2.24, 2.45) is 5.73 Å². The Morgan fingerprint density at radius 1 is 1.47 bits per heavy atom. The van der Waals surface area contributed by atoms with Crippen LogP contribution in [0, 0.1) is 0 Å². The van der Waals surface area contributed by atoms with Crippen molar-refractivity contribution in [3.05, 3.63) is 11.4 Å². The van der Waals surface area contributed by atoms with Crippen molar-refractivity contribution in [3.8, 4) is 0 Å². The summed E-state index contributed by atoms with van der Waals surface area (Å²) in [7, 11) is -3.02. The number of carbonyl (C=O) groups excluding carboxylic acids is 1. The van der Waals surface area contributed by atoms with Crippen LogP contribution in [0.5, 0.6) is 0 Å². The van der Waals surface area contributed by atoms with Crippen molar-refractivity contribution in [2.45, 2.75) is 26.4 Å². The van der Waals surface area contributed by atoms with E-state index in [-0.39, 0.29) is 24.6 Å². The van der Waals surface area contributed by atoms with E-state index in [0.29, 0.717) is 18.7 Å². The molecule has 0 saturated carbocycles.